The molecule has 0 amide bonds. The number of hydrogen-bond acceptors (Lipinski definition) is 6. The Kier molecular flexibility index (Phi) is 6.63. The van der Waals surface area contributed by atoms with Crippen molar-refractivity contribution in [1.29, 1.82) is 10.5 Å². The summed E-state index contributed by atoms with van der Waals surface area (Å²) in [5.41, 5.74) is 0.285. The second-order valence-corrected chi connectivity index (χ2v) is 8.49. The minimum absolute atomic E-state index is 0.285. The maximum absolute atomic E-state index is 9.55. The van der Waals surface area contributed by atoms with Crippen molar-refractivity contribution in [2.75, 3.05) is 45.8 Å². The molecular formula is C21H34N6. The Hall–Kier alpha value is -1.76. The topological polar surface area (TPSA) is 60.5 Å². The normalized spacial score (nSPS) is 25.3. The lowest BCUT2D eigenvalue weighted by atomic mass is 10.0. The molecule has 0 saturated carbocycles. The number of nitrogens with zero attached hydrogens (tertiary/aromatic N) is 6. The smallest absolute Gasteiger partial charge is 0.169 e. The lowest BCUT2D eigenvalue weighted by Crippen LogP contribution is -2.46. The Morgan fingerprint density at radius 2 is 1.70 bits per heavy atom. The summed E-state index contributed by atoms with van der Waals surface area (Å²) in [7, 11) is 0. The van der Waals surface area contributed by atoms with Crippen LogP contribution in [0.25, 0.3) is 0 Å². The predicted octanol–water partition coefficient (Wildman–Crippen LogP) is 2.22. The van der Waals surface area contributed by atoms with Crippen LogP contribution < -0.4 is 0 Å². The van der Waals surface area contributed by atoms with Crippen molar-refractivity contribution in [3.8, 4) is 12.1 Å². The standard InChI is InChI=1S/C21H34N6/c1-17(2)24-9-6-20(7-10-24)27-14-13-26(21(27)19(15-22)16-23)12-11-25-8-4-5-18(25)3/h17-18,20H,4-14H2,1-3H3. The van der Waals surface area contributed by atoms with Gasteiger partial charge >= 0.3 is 0 Å². The molecule has 0 aliphatic carbocycles. The van der Waals surface area contributed by atoms with Crippen molar-refractivity contribution in [1.82, 2.24) is 19.6 Å². The molecule has 0 aromatic carbocycles. The van der Waals surface area contributed by atoms with E-state index in [9.17, 15) is 10.5 Å². The minimum Gasteiger partial charge on any atom is -0.354 e. The van der Waals surface area contributed by atoms with E-state index in [1.165, 1.54) is 19.4 Å². The van der Waals surface area contributed by atoms with E-state index < -0.39 is 0 Å². The van der Waals surface area contributed by atoms with Crippen molar-refractivity contribution in [3.05, 3.63) is 11.4 Å². The fraction of sp³-hybridized carbons (Fsp3) is 0.810. The number of hydrogen-bond donors (Lipinski definition) is 0. The van der Waals surface area contributed by atoms with E-state index in [-0.39, 0.29) is 5.57 Å². The van der Waals surface area contributed by atoms with Crippen LogP contribution in [0.2, 0.25) is 0 Å². The molecule has 148 valence electrons. The van der Waals surface area contributed by atoms with Gasteiger partial charge in [-0.1, -0.05) is 0 Å². The first-order valence-electron chi connectivity index (χ1n) is 10.6. The quantitative estimate of drug-likeness (QED) is 0.692. The van der Waals surface area contributed by atoms with Gasteiger partial charge in [0.05, 0.1) is 0 Å². The molecule has 27 heavy (non-hydrogen) atoms. The van der Waals surface area contributed by atoms with Gasteiger partial charge in [-0.2, -0.15) is 10.5 Å². The number of likely N-dealkylation sites (tertiary alicyclic amines) is 2. The summed E-state index contributed by atoms with van der Waals surface area (Å²) < 4.78 is 0. The summed E-state index contributed by atoms with van der Waals surface area (Å²) in [5, 5.41) is 19.1. The fourth-order valence-corrected chi connectivity index (χ4v) is 4.91. The lowest BCUT2D eigenvalue weighted by molar-refractivity contribution is 0.115. The molecule has 3 fully saturated rings. The molecule has 0 spiro atoms. The maximum Gasteiger partial charge on any atom is 0.169 e. The summed E-state index contributed by atoms with van der Waals surface area (Å²) in [5.74, 6) is 0.898. The zero-order chi connectivity index (χ0) is 19.4. The monoisotopic (exact) mass is 370 g/mol. The van der Waals surface area contributed by atoms with Gasteiger partial charge in [0.1, 0.15) is 18.0 Å². The zero-order valence-corrected chi connectivity index (χ0v) is 17.2. The largest absolute Gasteiger partial charge is 0.354 e. The zero-order valence-electron chi connectivity index (χ0n) is 17.2. The molecule has 0 radical (unpaired) electrons. The van der Waals surface area contributed by atoms with E-state index in [4.69, 9.17) is 0 Å². The van der Waals surface area contributed by atoms with Crippen molar-refractivity contribution < 1.29 is 0 Å². The van der Waals surface area contributed by atoms with Gasteiger partial charge in [-0.3, -0.25) is 4.90 Å². The molecule has 0 aromatic rings. The Balaban J connectivity index is 1.69. The van der Waals surface area contributed by atoms with Gasteiger partial charge in [0, 0.05) is 57.4 Å². The third-order valence-electron chi connectivity index (χ3n) is 6.65. The highest BCUT2D eigenvalue weighted by molar-refractivity contribution is 5.40. The van der Waals surface area contributed by atoms with Crippen molar-refractivity contribution in [3.63, 3.8) is 0 Å². The molecule has 3 aliphatic rings. The van der Waals surface area contributed by atoms with E-state index in [2.05, 4.69) is 52.5 Å². The molecule has 0 bridgehead atoms. The minimum atomic E-state index is 0.285. The maximum atomic E-state index is 9.55. The molecule has 3 heterocycles. The predicted molar refractivity (Wildman–Crippen MR) is 107 cm³/mol. The van der Waals surface area contributed by atoms with Crippen LogP contribution in [-0.2, 0) is 0 Å². The molecule has 3 rings (SSSR count). The Bertz CT molecular complexity index is 604. The third-order valence-corrected chi connectivity index (χ3v) is 6.65. The van der Waals surface area contributed by atoms with Crippen LogP contribution in [0.15, 0.2) is 11.4 Å². The first-order valence-corrected chi connectivity index (χ1v) is 10.6. The Labute approximate surface area is 164 Å². The van der Waals surface area contributed by atoms with Gasteiger partial charge in [-0.15, -0.1) is 0 Å². The second-order valence-electron chi connectivity index (χ2n) is 8.49. The van der Waals surface area contributed by atoms with Crippen molar-refractivity contribution in [2.45, 2.75) is 64.6 Å². The summed E-state index contributed by atoms with van der Waals surface area (Å²) in [6, 6.07) is 6.03. The average Bonchev–Trinajstić information content (AvgIpc) is 3.27. The fourth-order valence-electron chi connectivity index (χ4n) is 4.91. The number of allylic oxidation sites excluding steroid dienone is 1. The van der Waals surface area contributed by atoms with Crippen LogP contribution in [0, 0.1) is 22.7 Å². The highest BCUT2D eigenvalue weighted by Gasteiger charge is 2.35. The lowest BCUT2D eigenvalue weighted by Gasteiger charge is -2.40. The molecule has 1 unspecified atom stereocenters. The second kappa shape index (κ2) is 8.95. The summed E-state index contributed by atoms with van der Waals surface area (Å²) in [4.78, 5) is 9.73. The summed E-state index contributed by atoms with van der Waals surface area (Å²) in [6.45, 7) is 14.0. The van der Waals surface area contributed by atoms with E-state index in [1.807, 2.05) is 0 Å². The van der Waals surface area contributed by atoms with Gasteiger partial charge in [0.2, 0.25) is 0 Å². The van der Waals surface area contributed by atoms with Gasteiger partial charge in [-0.05, 0) is 53.0 Å². The van der Waals surface area contributed by atoms with E-state index in [0.717, 1.165) is 57.9 Å². The summed E-state index contributed by atoms with van der Waals surface area (Å²) in [6.07, 6.45) is 4.79. The van der Waals surface area contributed by atoms with Crippen LogP contribution >= 0.6 is 0 Å². The molecule has 1 atom stereocenters. The van der Waals surface area contributed by atoms with E-state index in [1.54, 1.807) is 0 Å². The van der Waals surface area contributed by atoms with Crippen LogP contribution in [0.3, 0.4) is 0 Å². The van der Waals surface area contributed by atoms with Crippen LogP contribution in [0.5, 0.6) is 0 Å². The van der Waals surface area contributed by atoms with Crippen LogP contribution in [0.4, 0.5) is 0 Å². The van der Waals surface area contributed by atoms with Crippen LogP contribution in [0.1, 0.15) is 46.5 Å². The molecule has 6 heteroatoms. The molecule has 0 N–H and O–H groups in total. The number of rotatable bonds is 5. The molecule has 0 aromatic heterocycles. The van der Waals surface area contributed by atoms with Crippen molar-refractivity contribution >= 4 is 0 Å². The van der Waals surface area contributed by atoms with E-state index in [0.29, 0.717) is 18.1 Å². The molecule has 3 saturated heterocycles. The Morgan fingerprint density at radius 1 is 1.00 bits per heavy atom. The SMILES string of the molecule is CC(C)N1CCC(N2CCN(CCN3CCCC3C)C2=C(C#N)C#N)CC1. The molecule has 3 aliphatic heterocycles. The van der Waals surface area contributed by atoms with Crippen LogP contribution in [-0.4, -0.2) is 83.5 Å². The molecular weight excluding hydrogens is 336 g/mol. The number of nitriles is 2. The summed E-state index contributed by atoms with van der Waals surface area (Å²) >= 11 is 0. The van der Waals surface area contributed by atoms with Crippen molar-refractivity contribution in [2.24, 2.45) is 0 Å². The first-order chi connectivity index (χ1) is 13.0. The van der Waals surface area contributed by atoms with Gasteiger partial charge in [-0.25, -0.2) is 0 Å². The highest BCUT2D eigenvalue weighted by Crippen LogP contribution is 2.29. The van der Waals surface area contributed by atoms with Gasteiger partial charge in [0.25, 0.3) is 0 Å². The third kappa shape index (κ3) is 4.39. The number of piperidine rings is 1. The molecule has 6 nitrogen and oxygen atoms in total. The Morgan fingerprint density at radius 3 is 2.26 bits per heavy atom. The van der Waals surface area contributed by atoms with Gasteiger partial charge in [0.15, 0.2) is 5.57 Å². The van der Waals surface area contributed by atoms with E-state index >= 15 is 0 Å². The average molecular weight is 371 g/mol. The highest BCUT2D eigenvalue weighted by atomic mass is 15.4. The van der Waals surface area contributed by atoms with Gasteiger partial charge < -0.3 is 14.7 Å². The first kappa shape index (κ1) is 20.0.